The highest BCUT2D eigenvalue weighted by Gasteiger charge is 2.14. The van der Waals surface area contributed by atoms with Gasteiger partial charge in [-0.1, -0.05) is 36.8 Å². The molecule has 1 N–H and O–H groups in total. The van der Waals surface area contributed by atoms with E-state index in [1.54, 1.807) is 18.3 Å². The first-order valence-corrected chi connectivity index (χ1v) is 9.11. The number of hydrogen-bond acceptors (Lipinski definition) is 3. The summed E-state index contributed by atoms with van der Waals surface area (Å²) in [5.74, 6) is 0.725. The fourth-order valence-corrected chi connectivity index (χ4v) is 2.88. The molecule has 1 amide bonds. The Morgan fingerprint density at radius 3 is 2.52 bits per heavy atom. The molecule has 3 rings (SSSR count). The van der Waals surface area contributed by atoms with Crippen molar-refractivity contribution in [2.75, 3.05) is 0 Å². The van der Waals surface area contributed by atoms with E-state index in [4.69, 9.17) is 4.42 Å². The first kappa shape index (κ1) is 18.8. The standard InChI is InChI=1S/C22H23FN2O2/c1-3-19(16-6-4-15(2)5-7-16)25-21(26)12-13-22-24-14-20(27-22)17-8-10-18(23)11-9-17/h4-11,14,19H,3,12-13H2,1-2H3,(H,25,26)/t19-/m1/s1. The molecule has 4 nitrogen and oxygen atoms in total. The second-order valence-corrected chi connectivity index (χ2v) is 6.56. The normalized spacial score (nSPS) is 12.0. The van der Waals surface area contributed by atoms with Crippen LogP contribution < -0.4 is 5.32 Å². The van der Waals surface area contributed by atoms with Crippen molar-refractivity contribution in [3.63, 3.8) is 0 Å². The summed E-state index contributed by atoms with van der Waals surface area (Å²) in [5.41, 5.74) is 3.05. The van der Waals surface area contributed by atoms with Gasteiger partial charge in [0.15, 0.2) is 11.7 Å². The predicted octanol–water partition coefficient (Wildman–Crippen LogP) is 4.99. The molecule has 5 heteroatoms. The van der Waals surface area contributed by atoms with Gasteiger partial charge in [0.1, 0.15) is 5.82 Å². The van der Waals surface area contributed by atoms with Gasteiger partial charge in [-0.15, -0.1) is 0 Å². The Balaban J connectivity index is 1.55. The molecule has 0 saturated carbocycles. The lowest BCUT2D eigenvalue weighted by Gasteiger charge is -2.17. The molecule has 1 aromatic heterocycles. The van der Waals surface area contributed by atoms with E-state index in [9.17, 15) is 9.18 Å². The van der Waals surface area contributed by atoms with Crippen LogP contribution in [0.1, 0.15) is 42.8 Å². The Bertz CT molecular complexity index is 885. The summed E-state index contributed by atoms with van der Waals surface area (Å²) in [5, 5.41) is 3.07. The molecule has 0 fully saturated rings. The number of benzene rings is 2. The molecule has 0 radical (unpaired) electrons. The van der Waals surface area contributed by atoms with Gasteiger partial charge in [0, 0.05) is 18.4 Å². The monoisotopic (exact) mass is 366 g/mol. The SMILES string of the molecule is CC[C@@H](NC(=O)CCc1ncc(-c2ccc(F)cc2)o1)c1ccc(C)cc1. The average Bonchev–Trinajstić information content (AvgIpc) is 3.15. The van der Waals surface area contributed by atoms with E-state index in [1.807, 2.05) is 38.1 Å². The molecule has 0 aliphatic carbocycles. The van der Waals surface area contributed by atoms with Crippen LogP contribution in [0.2, 0.25) is 0 Å². The van der Waals surface area contributed by atoms with Crippen molar-refractivity contribution < 1.29 is 13.6 Å². The van der Waals surface area contributed by atoms with Crippen molar-refractivity contribution in [1.82, 2.24) is 10.3 Å². The highest BCUT2D eigenvalue weighted by atomic mass is 19.1. The highest BCUT2D eigenvalue weighted by molar-refractivity contribution is 5.76. The zero-order valence-corrected chi connectivity index (χ0v) is 15.5. The number of hydrogen-bond donors (Lipinski definition) is 1. The lowest BCUT2D eigenvalue weighted by molar-refractivity contribution is -0.121. The number of aryl methyl sites for hydroxylation is 2. The van der Waals surface area contributed by atoms with Crippen LogP contribution in [-0.4, -0.2) is 10.9 Å². The van der Waals surface area contributed by atoms with Gasteiger partial charge in [-0.2, -0.15) is 0 Å². The summed E-state index contributed by atoms with van der Waals surface area (Å²) in [6.07, 6.45) is 3.13. The summed E-state index contributed by atoms with van der Waals surface area (Å²) >= 11 is 0. The maximum atomic E-state index is 13.0. The molecule has 1 atom stereocenters. The molecule has 1 heterocycles. The van der Waals surface area contributed by atoms with E-state index in [-0.39, 0.29) is 17.8 Å². The summed E-state index contributed by atoms with van der Waals surface area (Å²) in [7, 11) is 0. The molecule has 27 heavy (non-hydrogen) atoms. The number of carbonyl (C=O) groups is 1. The summed E-state index contributed by atoms with van der Waals surface area (Å²) < 4.78 is 18.7. The van der Waals surface area contributed by atoms with Crippen LogP contribution in [0.5, 0.6) is 0 Å². The Labute approximate surface area is 158 Å². The minimum atomic E-state index is -0.297. The number of rotatable bonds is 7. The molecule has 0 aliphatic rings. The topological polar surface area (TPSA) is 55.1 Å². The zero-order chi connectivity index (χ0) is 19.2. The lowest BCUT2D eigenvalue weighted by atomic mass is 10.0. The Morgan fingerprint density at radius 1 is 1.15 bits per heavy atom. The largest absolute Gasteiger partial charge is 0.441 e. The Morgan fingerprint density at radius 2 is 1.85 bits per heavy atom. The van der Waals surface area contributed by atoms with Crippen LogP contribution in [0.15, 0.2) is 59.1 Å². The number of nitrogens with one attached hydrogen (secondary N) is 1. The fourth-order valence-electron chi connectivity index (χ4n) is 2.88. The van der Waals surface area contributed by atoms with Gasteiger partial charge >= 0.3 is 0 Å². The second kappa shape index (κ2) is 8.62. The molecule has 0 saturated heterocycles. The quantitative estimate of drug-likeness (QED) is 0.641. The van der Waals surface area contributed by atoms with Crippen molar-refractivity contribution >= 4 is 5.91 Å². The van der Waals surface area contributed by atoms with Gasteiger partial charge in [-0.3, -0.25) is 4.79 Å². The molecule has 140 valence electrons. The van der Waals surface area contributed by atoms with E-state index in [0.29, 0.717) is 24.5 Å². The number of halogens is 1. The molecular formula is C22H23FN2O2. The Kier molecular flexibility index (Phi) is 6.01. The van der Waals surface area contributed by atoms with Gasteiger partial charge in [-0.05, 0) is 43.2 Å². The third-order valence-electron chi connectivity index (χ3n) is 4.47. The van der Waals surface area contributed by atoms with Crippen LogP contribution in [0.3, 0.4) is 0 Å². The fraction of sp³-hybridized carbons (Fsp3) is 0.273. The van der Waals surface area contributed by atoms with Crippen LogP contribution in [0, 0.1) is 12.7 Å². The third kappa shape index (κ3) is 5.03. The second-order valence-electron chi connectivity index (χ2n) is 6.56. The molecule has 0 unspecified atom stereocenters. The van der Waals surface area contributed by atoms with E-state index < -0.39 is 0 Å². The van der Waals surface area contributed by atoms with Crippen molar-refractivity contribution in [1.29, 1.82) is 0 Å². The van der Waals surface area contributed by atoms with Gasteiger partial charge in [0.05, 0.1) is 12.2 Å². The number of oxazole rings is 1. The van der Waals surface area contributed by atoms with Crippen LogP contribution in [0.25, 0.3) is 11.3 Å². The molecule has 0 bridgehead atoms. The van der Waals surface area contributed by atoms with Crippen LogP contribution >= 0.6 is 0 Å². The van der Waals surface area contributed by atoms with E-state index in [0.717, 1.165) is 17.5 Å². The summed E-state index contributed by atoms with van der Waals surface area (Å²) in [6, 6.07) is 14.2. The third-order valence-corrected chi connectivity index (χ3v) is 4.47. The van der Waals surface area contributed by atoms with Gasteiger partial charge in [-0.25, -0.2) is 9.37 Å². The zero-order valence-electron chi connectivity index (χ0n) is 15.5. The smallest absolute Gasteiger partial charge is 0.220 e. The average molecular weight is 366 g/mol. The molecule has 2 aromatic carbocycles. The number of amides is 1. The molecule has 3 aromatic rings. The predicted molar refractivity (Wildman–Crippen MR) is 103 cm³/mol. The number of aromatic nitrogens is 1. The molecule has 0 aliphatic heterocycles. The maximum absolute atomic E-state index is 13.0. The van der Waals surface area contributed by atoms with E-state index in [2.05, 4.69) is 10.3 Å². The maximum Gasteiger partial charge on any atom is 0.220 e. The van der Waals surface area contributed by atoms with Crippen molar-refractivity contribution in [2.24, 2.45) is 0 Å². The van der Waals surface area contributed by atoms with Crippen molar-refractivity contribution in [3.05, 3.63) is 77.6 Å². The highest BCUT2D eigenvalue weighted by Crippen LogP contribution is 2.21. The molecule has 0 spiro atoms. The minimum Gasteiger partial charge on any atom is -0.441 e. The first-order valence-electron chi connectivity index (χ1n) is 9.11. The van der Waals surface area contributed by atoms with Gasteiger partial charge < -0.3 is 9.73 Å². The van der Waals surface area contributed by atoms with E-state index >= 15 is 0 Å². The number of carbonyl (C=O) groups excluding carboxylic acids is 1. The van der Waals surface area contributed by atoms with Crippen molar-refractivity contribution in [2.45, 2.75) is 39.2 Å². The Hall–Kier alpha value is -2.95. The van der Waals surface area contributed by atoms with Gasteiger partial charge in [0.25, 0.3) is 0 Å². The summed E-state index contributed by atoms with van der Waals surface area (Å²) in [6.45, 7) is 4.09. The lowest BCUT2D eigenvalue weighted by Crippen LogP contribution is -2.28. The first-order chi connectivity index (χ1) is 13.0. The van der Waals surface area contributed by atoms with Crippen molar-refractivity contribution in [3.8, 4) is 11.3 Å². The molecular weight excluding hydrogens is 343 g/mol. The van der Waals surface area contributed by atoms with Crippen LogP contribution in [-0.2, 0) is 11.2 Å². The summed E-state index contributed by atoms with van der Waals surface area (Å²) in [4.78, 5) is 16.5. The van der Waals surface area contributed by atoms with Crippen LogP contribution in [0.4, 0.5) is 4.39 Å². The number of nitrogens with zero attached hydrogens (tertiary/aromatic N) is 1. The van der Waals surface area contributed by atoms with E-state index in [1.165, 1.54) is 17.7 Å². The van der Waals surface area contributed by atoms with Gasteiger partial charge in [0.2, 0.25) is 5.91 Å². The minimum absolute atomic E-state index is 0.00237.